The first-order chi connectivity index (χ1) is 18.0. The lowest BCUT2D eigenvalue weighted by Crippen LogP contribution is -2.25. The number of nitrogens with zero attached hydrogens (tertiary/aromatic N) is 4. The summed E-state index contributed by atoms with van der Waals surface area (Å²) in [6.07, 6.45) is 5.59. The molecule has 1 saturated heterocycles. The van der Waals surface area contributed by atoms with Crippen LogP contribution in [0.25, 0.3) is 16.9 Å². The van der Waals surface area contributed by atoms with E-state index < -0.39 is 6.61 Å². The summed E-state index contributed by atoms with van der Waals surface area (Å²) in [6.45, 7) is -0.776. The van der Waals surface area contributed by atoms with Crippen molar-refractivity contribution in [2.24, 2.45) is 11.7 Å². The summed E-state index contributed by atoms with van der Waals surface area (Å²) in [5.41, 5.74) is 9.24. The van der Waals surface area contributed by atoms with Gasteiger partial charge in [-0.15, -0.1) is 0 Å². The number of hydrogen-bond acceptors (Lipinski definition) is 7. The van der Waals surface area contributed by atoms with Gasteiger partial charge in [-0.2, -0.15) is 8.78 Å². The topological polar surface area (TPSA) is 107 Å². The summed E-state index contributed by atoms with van der Waals surface area (Å²) in [5.74, 6) is 0.869. The SMILES string of the molecule is NCCOCC1CC(=O)N(c2ccc(Nc3nccn4c(-c5ccc(OC(F)F)cc5)cnc34)cc2)C1. The van der Waals surface area contributed by atoms with Crippen molar-refractivity contribution in [3.63, 3.8) is 0 Å². The minimum Gasteiger partial charge on any atom is -0.435 e. The van der Waals surface area contributed by atoms with Crippen molar-refractivity contribution in [1.29, 1.82) is 0 Å². The Morgan fingerprint density at radius 1 is 1.11 bits per heavy atom. The fourth-order valence-electron chi connectivity index (χ4n) is 4.37. The third-order valence-electron chi connectivity index (χ3n) is 6.07. The molecule has 3 N–H and O–H groups in total. The number of aromatic nitrogens is 3. The van der Waals surface area contributed by atoms with Crippen molar-refractivity contribution in [3.8, 4) is 17.0 Å². The lowest BCUT2D eigenvalue weighted by Gasteiger charge is -2.17. The van der Waals surface area contributed by atoms with Gasteiger partial charge in [0.25, 0.3) is 0 Å². The Morgan fingerprint density at radius 2 is 1.89 bits per heavy atom. The molecule has 2 aromatic heterocycles. The van der Waals surface area contributed by atoms with Crippen LogP contribution in [0.15, 0.2) is 67.1 Å². The molecule has 4 aromatic rings. The van der Waals surface area contributed by atoms with Crippen LogP contribution in [0.4, 0.5) is 26.0 Å². The van der Waals surface area contributed by atoms with Crippen LogP contribution < -0.4 is 20.7 Å². The van der Waals surface area contributed by atoms with E-state index in [0.717, 1.165) is 22.6 Å². The number of ether oxygens (including phenoxy) is 2. The number of carbonyl (C=O) groups is 1. The van der Waals surface area contributed by atoms with Crippen molar-refractivity contribution in [1.82, 2.24) is 14.4 Å². The van der Waals surface area contributed by atoms with E-state index in [1.54, 1.807) is 35.6 Å². The predicted octanol–water partition coefficient (Wildman–Crippen LogP) is 4.07. The zero-order valence-electron chi connectivity index (χ0n) is 19.9. The highest BCUT2D eigenvalue weighted by atomic mass is 19.3. The van der Waals surface area contributed by atoms with Crippen molar-refractivity contribution >= 4 is 28.7 Å². The Bertz CT molecular complexity index is 1360. The van der Waals surface area contributed by atoms with Crippen molar-refractivity contribution in [3.05, 3.63) is 67.1 Å². The Balaban J connectivity index is 1.29. The molecule has 0 saturated carbocycles. The molecule has 1 unspecified atom stereocenters. The first-order valence-electron chi connectivity index (χ1n) is 11.8. The third kappa shape index (κ3) is 5.52. The smallest absolute Gasteiger partial charge is 0.387 e. The molecule has 192 valence electrons. The summed E-state index contributed by atoms with van der Waals surface area (Å²) in [5, 5.41) is 3.28. The van der Waals surface area contributed by atoms with Gasteiger partial charge in [0.2, 0.25) is 5.91 Å². The molecule has 9 nitrogen and oxygen atoms in total. The van der Waals surface area contributed by atoms with Gasteiger partial charge in [-0.05, 0) is 48.5 Å². The van der Waals surface area contributed by atoms with Crippen molar-refractivity contribution in [2.45, 2.75) is 13.0 Å². The molecule has 0 spiro atoms. The maximum Gasteiger partial charge on any atom is 0.387 e. The second kappa shape index (κ2) is 10.9. The zero-order chi connectivity index (χ0) is 25.8. The minimum atomic E-state index is -2.87. The molecular formula is C26H26F2N6O3. The molecule has 1 aliphatic heterocycles. The quantitative estimate of drug-likeness (QED) is 0.311. The number of amides is 1. The van der Waals surface area contributed by atoms with Crippen LogP contribution in [0.3, 0.4) is 0 Å². The third-order valence-corrected chi connectivity index (χ3v) is 6.07. The molecule has 0 aliphatic carbocycles. The van der Waals surface area contributed by atoms with E-state index in [1.807, 2.05) is 28.7 Å². The molecule has 37 heavy (non-hydrogen) atoms. The van der Waals surface area contributed by atoms with Gasteiger partial charge in [0.15, 0.2) is 11.5 Å². The van der Waals surface area contributed by atoms with Crippen LogP contribution >= 0.6 is 0 Å². The molecule has 1 atom stereocenters. The average Bonchev–Trinajstić information content (AvgIpc) is 3.49. The van der Waals surface area contributed by atoms with E-state index in [4.69, 9.17) is 10.5 Å². The highest BCUT2D eigenvalue weighted by molar-refractivity contribution is 5.96. The standard InChI is InChI=1S/C26H26F2N6O3/c27-26(28)37-21-7-1-18(2-8-21)22-14-31-25-24(30-10-11-33(22)25)32-19-3-5-20(6-4-19)34-15-17(13-23(34)35)16-36-12-9-29/h1-8,10-11,14,17,26H,9,12-13,15-16,29H2,(H,30,32). The molecule has 0 radical (unpaired) electrons. The van der Waals surface area contributed by atoms with Gasteiger partial charge < -0.3 is 25.4 Å². The van der Waals surface area contributed by atoms with Gasteiger partial charge in [-0.25, -0.2) is 9.97 Å². The fraction of sp³-hybridized carbons (Fsp3) is 0.269. The number of alkyl halides is 2. The van der Waals surface area contributed by atoms with E-state index in [-0.39, 0.29) is 17.6 Å². The average molecular weight is 509 g/mol. The highest BCUT2D eigenvalue weighted by Crippen LogP contribution is 2.29. The molecule has 1 amide bonds. The fourth-order valence-corrected chi connectivity index (χ4v) is 4.37. The number of anilines is 3. The number of halogens is 2. The summed E-state index contributed by atoms with van der Waals surface area (Å²) in [6, 6.07) is 13.9. The molecule has 11 heteroatoms. The van der Waals surface area contributed by atoms with E-state index in [1.165, 1.54) is 12.1 Å². The lowest BCUT2D eigenvalue weighted by atomic mass is 10.1. The second-order valence-electron chi connectivity index (χ2n) is 8.63. The Morgan fingerprint density at radius 3 is 2.62 bits per heavy atom. The normalized spacial score (nSPS) is 15.6. The van der Waals surface area contributed by atoms with Gasteiger partial charge >= 0.3 is 6.61 Å². The predicted molar refractivity (Wildman–Crippen MR) is 135 cm³/mol. The van der Waals surface area contributed by atoms with Crippen LogP contribution in [0, 0.1) is 5.92 Å². The van der Waals surface area contributed by atoms with Gasteiger partial charge in [-0.1, -0.05) is 0 Å². The summed E-state index contributed by atoms with van der Waals surface area (Å²) in [4.78, 5) is 23.2. The van der Waals surface area contributed by atoms with E-state index in [2.05, 4.69) is 20.0 Å². The van der Waals surface area contributed by atoms with Crippen LogP contribution in [0.2, 0.25) is 0 Å². The van der Waals surface area contributed by atoms with Crippen LogP contribution in [0.5, 0.6) is 5.75 Å². The van der Waals surface area contributed by atoms with Crippen molar-refractivity contribution < 1.29 is 23.0 Å². The number of imidazole rings is 1. The van der Waals surface area contributed by atoms with E-state index in [9.17, 15) is 13.6 Å². The van der Waals surface area contributed by atoms with Gasteiger partial charge in [0, 0.05) is 54.8 Å². The van der Waals surface area contributed by atoms with Gasteiger partial charge in [0.05, 0.1) is 25.1 Å². The molecular weight excluding hydrogens is 482 g/mol. The number of nitrogens with two attached hydrogens (primary N) is 1. The van der Waals surface area contributed by atoms with Crippen molar-refractivity contribution in [2.75, 3.05) is 36.5 Å². The highest BCUT2D eigenvalue weighted by Gasteiger charge is 2.30. The Kier molecular flexibility index (Phi) is 7.24. The molecule has 1 fully saturated rings. The second-order valence-corrected chi connectivity index (χ2v) is 8.63. The minimum absolute atomic E-state index is 0.0761. The number of fused-ring (bicyclic) bond motifs is 1. The molecule has 1 aliphatic rings. The van der Waals surface area contributed by atoms with E-state index >= 15 is 0 Å². The largest absolute Gasteiger partial charge is 0.435 e. The lowest BCUT2D eigenvalue weighted by molar-refractivity contribution is -0.117. The van der Waals surface area contributed by atoms with Gasteiger partial charge in [-0.3, -0.25) is 9.20 Å². The summed E-state index contributed by atoms with van der Waals surface area (Å²) >= 11 is 0. The number of rotatable bonds is 10. The van der Waals surface area contributed by atoms with Crippen LogP contribution in [0.1, 0.15) is 6.42 Å². The van der Waals surface area contributed by atoms with E-state index in [0.29, 0.717) is 44.2 Å². The molecule has 2 aromatic carbocycles. The molecule has 0 bridgehead atoms. The number of benzene rings is 2. The van der Waals surface area contributed by atoms with Gasteiger partial charge in [0.1, 0.15) is 5.75 Å². The summed E-state index contributed by atoms with van der Waals surface area (Å²) in [7, 11) is 0. The Hall–Kier alpha value is -4.09. The monoisotopic (exact) mass is 508 g/mol. The number of hydrogen-bond donors (Lipinski definition) is 2. The first kappa shape index (κ1) is 24.6. The van der Waals surface area contributed by atoms with Crippen LogP contribution in [-0.4, -0.2) is 53.2 Å². The zero-order valence-corrected chi connectivity index (χ0v) is 19.9. The van der Waals surface area contributed by atoms with Crippen LogP contribution in [-0.2, 0) is 9.53 Å². The molecule has 3 heterocycles. The number of carbonyl (C=O) groups excluding carboxylic acids is 1. The number of nitrogens with one attached hydrogen (secondary N) is 1. The summed E-state index contributed by atoms with van der Waals surface area (Å²) < 4.78 is 36.7. The Labute approximate surface area is 211 Å². The maximum atomic E-state index is 12.5. The first-order valence-corrected chi connectivity index (χ1v) is 11.8. The maximum absolute atomic E-state index is 12.5. The molecule has 5 rings (SSSR count).